The standard InChI is InChI=1S/C9H6INO3/c1-14-7-3-5(4-11)2-6(10)8(7)9(12)13/h2-3H,1H3,(H,12,13). The number of nitrogens with zero attached hydrogens (tertiary/aromatic N) is 1. The van der Waals surface area contributed by atoms with Crippen LogP contribution in [0.5, 0.6) is 5.75 Å². The summed E-state index contributed by atoms with van der Waals surface area (Å²) in [6.45, 7) is 0. The molecule has 0 bridgehead atoms. The number of hydrogen-bond acceptors (Lipinski definition) is 3. The normalized spacial score (nSPS) is 9.21. The Kier molecular flexibility index (Phi) is 3.30. The Morgan fingerprint density at radius 2 is 2.29 bits per heavy atom. The van der Waals surface area contributed by atoms with E-state index in [1.165, 1.54) is 19.2 Å². The van der Waals surface area contributed by atoms with Crippen LogP contribution < -0.4 is 4.74 Å². The van der Waals surface area contributed by atoms with Gasteiger partial charge in [0.15, 0.2) is 0 Å². The third kappa shape index (κ3) is 1.96. The summed E-state index contributed by atoms with van der Waals surface area (Å²) in [7, 11) is 1.37. The number of hydrogen-bond donors (Lipinski definition) is 1. The number of ether oxygens (including phenoxy) is 1. The van der Waals surface area contributed by atoms with E-state index < -0.39 is 5.97 Å². The van der Waals surface area contributed by atoms with Crippen LogP contribution in [-0.4, -0.2) is 18.2 Å². The molecule has 0 saturated carbocycles. The van der Waals surface area contributed by atoms with Gasteiger partial charge in [-0.1, -0.05) is 0 Å². The van der Waals surface area contributed by atoms with E-state index in [9.17, 15) is 4.79 Å². The van der Waals surface area contributed by atoms with Crippen molar-refractivity contribution in [3.63, 3.8) is 0 Å². The van der Waals surface area contributed by atoms with Gasteiger partial charge in [0.05, 0.1) is 18.7 Å². The highest BCUT2D eigenvalue weighted by atomic mass is 127. The minimum Gasteiger partial charge on any atom is -0.496 e. The Morgan fingerprint density at radius 1 is 1.64 bits per heavy atom. The highest BCUT2D eigenvalue weighted by Crippen LogP contribution is 2.25. The maximum Gasteiger partial charge on any atom is 0.340 e. The molecule has 0 unspecified atom stereocenters. The van der Waals surface area contributed by atoms with Crippen molar-refractivity contribution in [2.45, 2.75) is 0 Å². The lowest BCUT2D eigenvalue weighted by atomic mass is 10.1. The quantitative estimate of drug-likeness (QED) is 0.847. The maximum atomic E-state index is 10.8. The zero-order valence-corrected chi connectivity index (χ0v) is 9.40. The Balaban J connectivity index is 3.44. The summed E-state index contributed by atoms with van der Waals surface area (Å²) in [5, 5.41) is 17.5. The smallest absolute Gasteiger partial charge is 0.340 e. The molecule has 0 aliphatic rings. The van der Waals surface area contributed by atoms with Crippen molar-refractivity contribution < 1.29 is 14.6 Å². The van der Waals surface area contributed by atoms with Gasteiger partial charge >= 0.3 is 5.97 Å². The first-order valence-electron chi connectivity index (χ1n) is 3.61. The van der Waals surface area contributed by atoms with E-state index in [0.29, 0.717) is 9.13 Å². The molecule has 0 aromatic heterocycles. The van der Waals surface area contributed by atoms with Crippen molar-refractivity contribution in [1.29, 1.82) is 5.26 Å². The van der Waals surface area contributed by atoms with E-state index in [1.54, 1.807) is 0 Å². The molecular formula is C9H6INO3. The van der Waals surface area contributed by atoms with E-state index >= 15 is 0 Å². The lowest BCUT2D eigenvalue weighted by molar-refractivity contribution is 0.0692. The summed E-state index contributed by atoms with van der Waals surface area (Å²) in [6.07, 6.45) is 0. The third-order valence-electron chi connectivity index (χ3n) is 1.62. The first-order valence-corrected chi connectivity index (χ1v) is 4.69. The largest absolute Gasteiger partial charge is 0.496 e. The third-order valence-corrected chi connectivity index (χ3v) is 2.47. The average molecular weight is 303 g/mol. The Morgan fingerprint density at radius 3 is 2.71 bits per heavy atom. The summed E-state index contributed by atoms with van der Waals surface area (Å²) in [4.78, 5) is 10.8. The van der Waals surface area contributed by atoms with E-state index in [4.69, 9.17) is 15.1 Å². The van der Waals surface area contributed by atoms with Crippen molar-refractivity contribution >= 4 is 28.6 Å². The number of rotatable bonds is 2. The van der Waals surface area contributed by atoms with Crippen molar-refractivity contribution in [1.82, 2.24) is 0 Å². The van der Waals surface area contributed by atoms with Crippen LogP contribution in [0.3, 0.4) is 0 Å². The molecule has 0 aliphatic carbocycles. The Hall–Kier alpha value is -1.29. The van der Waals surface area contributed by atoms with Gasteiger partial charge in [-0.3, -0.25) is 0 Å². The number of benzene rings is 1. The molecule has 1 N–H and O–H groups in total. The Bertz CT molecular complexity index is 423. The monoisotopic (exact) mass is 303 g/mol. The van der Waals surface area contributed by atoms with E-state index in [0.717, 1.165) is 0 Å². The van der Waals surface area contributed by atoms with Gasteiger partial charge in [0, 0.05) is 3.57 Å². The molecule has 1 aromatic carbocycles. The van der Waals surface area contributed by atoms with Crippen LogP contribution in [0.2, 0.25) is 0 Å². The number of methoxy groups -OCH3 is 1. The van der Waals surface area contributed by atoms with Crippen molar-refractivity contribution in [2.24, 2.45) is 0 Å². The van der Waals surface area contributed by atoms with E-state index in [1.807, 2.05) is 28.7 Å². The fourth-order valence-electron chi connectivity index (χ4n) is 1.01. The number of nitriles is 1. The van der Waals surface area contributed by atoms with Crippen LogP contribution in [0.25, 0.3) is 0 Å². The predicted octanol–water partition coefficient (Wildman–Crippen LogP) is 1.87. The predicted molar refractivity (Wildman–Crippen MR) is 57.4 cm³/mol. The molecule has 0 aliphatic heterocycles. The first kappa shape index (κ1) is 10.8. The molecular weight excluding hydrogens is 297 g/mol. The van der Waals surface area contributed by atoms with Gasteiger partial charge in [-0.25, -0.2) is 4.79 Å². The minimum absolute atomic E-state index is 0.0899. The second-order valence-electron chi connectivity index (χ2n) is 2.45. The van der Waals surface area contributed by atoms with Gasteiger partial charge in [-0.2, -0.15) is 5.26 Å². The molecule has 0 amide bonds. The second-order valence-corrected chi connectivity index (χ2v) is 3.61. The van der Waals surface area contributed by atoms with E-state index in [2.05, 4.69) is 0 Å². The summed E-state index contributed by atoms with van der Waals surface area (Å²) >= 11 is 1.86. The molecule has 0 atom stereocenters. The van der Waals surface area contributed by atoms with Crippen molar-refractivity contribution in [3.05, 3.63) is 26.8 Å². The highest BCUT2D eigenvalue weighted by molar-refractivity contribution is 14.1. The average Bonchev–Trinajstić information content (AvgIpc) is 2.15. The topological polar surface area (TPSA) is 70.3 Å². The second kappa shape index (κ2) is 4.28. The fourth-order valence-corrected chi connectivity index (χ4v) is 1.85. The lowest BCUT2D eigenvalue weighted by Gasteiger charge is -2.06. The number of carbonyl (C=O) groups is 1. The van der Waals surface area contributed by atoms with Gasteiger partial charge in [0.1, 0.15) is 11.3 Å². The van der Waals surface area contributed by atoms with Gasteiger partial charge < -0.3 is 9.84 Å². The molecule has 5 heteroatoms. The molecule has 0 fully saturated rings. The number of aromatic carboxylic acids is 1. The molecule has 0 spiro atoms. The Labute approximate surface area is 94.2 Å². The van der Waals surface area contributed by atoms with Gasteiger partial charge in [-0.05, 0) is 34.7 Å². The van der Waals surface area contributed by atoms with Crippen LogP contribution in [0.4, 0.5) is 0 Å². The molecule has 72 valence electrons. The number of carboxylic acid groups (broad SMARTS) is 1. The summed E-state index contributed by atoms with van der Waals surface area (Å²) in [5.41, 5.74) is 0.475. The summed E-state index contributed by atoms with van der Waals surface area (Å²) < 4.78 is 5.38. The minimum atomic E-state index is -1.06. The summed E-state index contributed by atoms with van der Waals surface area (Å²) in [6, 6.07) is 4.85. The van der Waals surface area contributed by atoms with Crippen LogP contribution in [0.15, 0.2) is 12.1 Å². The number of halogens is 1. The summed E-state index contributed by atoms with van der Waals surface area (Å²) in [5.74, 6) is -0.850. The molecule has 1 rings (SSSR count). The fraction of sp³-hybridized carbons (Fsp3) is 0.111. The zero-order chi connectivity index (χ0) is 10.7. The van der Waals surface area contributed by atoms with Crippen LogP contribution >= 0.6 is 22.6 Å². The zero-order valence-electron chi connectivity index (χ0n) is 7.24. The SMILES string of the molecule is COc1cc(C#N)cc(I)c1C(=O)O. The van der Waals surface area contributed by atoms with Gasteiger partial charge in [-0.15, -0.1) is 0 Å². The van der Waals surface area contributed by atoms with Crippen LogP contribution in [-0.2, 0) is 0 Å². The van der Waals surface area contributed by atoms with Gasteiger partial charge in [0.2, 0.25) is 0 Å². The molecule has 1 aromatic rings. The van der Waals surface area contributed by atoms with Crippen LogP contribution in [0, 0.1) is 14.9 Å². The lowest BCUT2D eigenvalue weighted by Crippen LogP contribution is -2.04. The van der Waals surface area contributed by atoms with E-state index in [-0.39, 0.29) is 11.3 Å². The molecule has 0 heterocycles. The van der Waals surface area contributed by atoms with Crippen LogP contribution in [0.1, 0.15) is 15.9 Å². The first-order chi connectivity index (χ1) is 6.60. The van der Waals surface area contributed by atoms with Crippen molar-refractivity contribution in [2.75, 3.05) is 7.11 Å². The highest BCUT2D eigenvalue weighted by Gasteiger charge is 2.16. The molecule has 4 nitrogen and oxygen atoms in total. The molecule has 14 heavy (non-hydrogen) atoms. The van der Waals surface area contributed by atoms with Gasteiger partial charge in [0.25, 0.3) is 0 Å². The molecule has 0 radical (unpaired) electrons. The van der Waals surface area contributed by atoms with Crippen molar-refractivity contribution in [3.8, 4) is 11.8 Å². The maximum absolute atomic E-state index is 10.8. The number of carboxylic acids is 1. The molecule has 0 saturated heterocycles.